The molecule has 0 aromatic heterocycles. The Balaban J connectivity index is 3.05. The minimum Gasteiger partial charge on any atom is -0.465 e. The highest BCUT2D eigenvalue weighted by molar-refractivity contribution is 5.97. The number of methoxy groups -OCH3 is 1. The number of nitrogens with one attached hydrogen (secondary N) is 1. The highest BCUT2D eigenvalue weighted by Crippen LogP contribution is 2.26. The zero-order valence-electron chi connectivity index (χ0n) is 13.2. The largest absolute Gasteiger partial charge is 0.465 e. The SMILES string of the molecule is CNC(=O)C(C)CN(C)c1cc(C)c(N)c(C(=O)OC)c1. The molecule has 1 unspecified atom stereocenters. The van der Waals surface area contributed by atoms with Gasteiger partial charge in [0.1, 0.15) is 0 Å². The van der Waals surface area contributed by atoms with Gasteiger partial charge in [0, 0.05) is 32.0 Å². The summed E-state index contributed by atoms with van der Waals surface area (Å²) in [5.74, 6) is -0.660. The summed E-state index contributed by atoms with van der Waals surface area (Å²) >= 11 is 0. The number of aryl methyl sites for hydroxylation is 1. The molecule has 1 atom stereocenters. The van der Waals surface area contributed by atoms with E-state index >= 15 is 0 Å². The molecule has 1 aromatic carbocycles. The summed E-state index contributed by atoms with van der Waals surface area (Å²) in [5.41, 5.74) is 8.29. The zero-order valence-corrected chi connectivity index (χ0v) is 13.2. The number of nitrogens with two attached hydrogens (primary N) is 1. The fraction of sp³-hybridized carbons (Fsp3) is 0.467. The van der Waals surface area contributed by atoms with E-state index in [2.05, 4.69) is 5.32 Å². The summed E-state index contributed by atoms with van der Waals surface area (Å²) in [6.45, 7) is 4.21. The summed E-state index contributed by atoms with van der Waals surface area (Å²) in [6.07, 6.45) is 0. The average Bonchev–Trinajstić information content (AvgIpc) is 2.47. The molecule has 0 bridgehead atoms. The number of amides is 1. The number of esters is 1. The standard InChI is InChI=1S/C15H23N3O3/c1-9-6-11(7-12(13(9)16)15(20)21-5)18(4)8-10(2)14(19)17-3/h6-7,10H,8,16H2,1-5H3,(H,17,19). The second kappa shape index (κ2) is 6.97. The molecule has 3 N–H and O–H groups in total. The number of anilines is 2. The molecule has 0 fully saturated rings. The lowest BCUT2D eigenvalue weighted by molar-refractivity contribution is -0.123. The van der Waals surface area contributed by atoms with Crippen LogP contribution in [0.1, 0.15) is 22.8 Å². The molecular weight excluding hydrogens is 270 g/mol. The summed E-state index contributed by atoms with van der Waals surface area (Å²) in [6, 6.07) is 3.57. The zero-order chi connectivity index (χ0) is 16.2. The van der Waals surface area contributed by atoms with Gasteiger partial charge in [0.05, 0.1) is 18.6 Å². The van der Waals surface area contributed by atoms with Crippen molar-refractivity contribution < 1.29 is 14.3 Å². The van der Waals surface area contributed by atoms with Crippen molar-refractivity contribution in [3.8, 4) is 0 Å². The topological polar surface area (TPSA) is 84.7 Å². The summed E-state index contributed by atoms with van der Waals surface area (Å²) < 4.78 is 4.74. The maximum atomic E-state index is 11.8. The Morgan fingerprint density at radius 2 is 2.05 bits per heavy atom. The summed E-state index contributed by atoms with van der Waals surface area (Å²) in [4.78, 5) is 25.3. The van der Waals surface area contributed by atoms with Gasteiger partial charge in [-0.05, 0) is 24.6 Å². The minimum atomic E-state index is -0.467. The van der Waals surface area contributed by atoms with Crippen molar-refractivity contribution in [3.63, 3.8) is 0 Å². The van der Waals surface area contributed by atoms with Crippen LogP contribution >= 0.6 is 0 Å². The van der Waals surface area contributed by atoms with E-state index in [0.717, 1.165) is 11.3 Å². The predicted octanol–water partition coefficient (Wildman–Crippen LogP) is 1.18. The van der Waals surface area contributed by atoms with Gasteiger partial charge in [0.15, 0.2) is 0 Å². The molecule has 116 valence electrons. The maximum absolute atomic E-state index is 11.8. The van der Waals surface area contributed by atoms with Crippen molar-refractivity contribution in [3.05, 3.63) is 23.3 Å². The van der Waals surface area contributed by atoms with Crippen LogP contribution in [-0.2, 0) is 9.53 Å². The lowest BCUT2D eigenvalue weighted by atomic mass is 10.1. The third-order valence-corrected chi connectivity index (χ3v) is 3.46. The van der Waals surface area contributed by atoms with E-state index in [4.69, 9.17) is 10.5 Å². The van der Waals surface area contributed by atoms with Crippen molar-refractivity contribution in [2.75, 3.05) is 38.4 Å². The molecule has 0 aliphatic carbocycles. The molecule has 0 saturated heterocycles. The highest BCUT2D eigenvalue weighted by atomic mass is 16.5. The van der Waals surface area contributed by atoms with Gasteiger partial charge >= 0.3 is 5.97 Å². The molecule has 0 saturated carbocycles. The van der Waals surface area contributed by atoms with Crippen LogP contribution in [0.25, 0.3) is 0 Å². The van der Waals surface area contributed by atoms with Gasteiger partial charge in [-0.3, -0.25) is 4.79 Å². The van der Waals surface area contributed by atoms with Gasteiger partial charge in [0.2, 0.25) is 5.91 Å². The van der Waals surface area contributed by atoms with Crippen molar-refractivity contribution in [2.24, 2.45) is 5.92 Å². The van der Waals surface area contributed by atoms with Gasteiger partial charge in [-0.25, -0.2) is 4.79 Å². The Kier molecular flexibility index (Phi) is 5.58. The van der Waals surface area contributed by atoms with Crippen LogP contribution in [0, 0.1) is 12.8 Å². The number of carbonyl (C=O) groups is 2. The molecule has 0 aliphatic heterocycles. The number of hydrogen-bond acceptors (Lipinski definition) is 5. The normalized spacial score (nSPS) is 11.7. The van der Waals surface area contributed by atoms with E-state index in [-0.39, 0.29) is 11.8 Å². The van der Waals surface area contributed by atoms with E-state index < -0.39 is 5.97 Å². The molecule has 6 nitrogen and oxygen atoms in total. The number of rotatable bonds is 5. The van der Waals surface area contributed by atoms with Crippen LogP contribution in [0.4, 0.5) is 11.4 Å². The molecule has 6 heteroatoms. The Morgan fingerprint density at radius 1 is 1.43 bits per heavy atom. The molecule has 0 radical (unpaired) electrons. The van der Waals surface area contributed by atoms with Crippen LogP contribution in [0.15, 0.2) is 12.1 Å². The first kappa shape index (κ1) is 16.8. The Bertz CT molecular complexity index is 543. The van der Waals surface area contributed by atoms with Gasteiger partial charge in [0.25, 0.3) is 0 Å². The average molecular weight is 293 g/mol. The molecule has 1 amide bonds. The van der Waals surface area contributed by atoms with Crippen molar-refractivity contribution in [1.82, 2.24) is 5.32 Å². The van der Waals surface area contributed by atoms with Crippen LogP contribution < -0.4 is 16.0 Å². The highest BCUT2D eigenvalue weighted by Gasteiger charge is 2.18. The fourth-order valence-corrected chi connectivity index (χ4v) is 2.12. The second-order valence-corrected chi connectivity index (χ2v) is 5.11. The van der Waals surface area contributed by atoms with Crippen molar-refractivity contribution >= 4 is 23.3 Å². The summed E-state index contributed by atoms with van der Waals surface area (Å²) in [7, 11) is 4.80. The van der Waals surface area contributed by atoms with E-state index in [1.165, 1.54) is 7.11 Å². The Hall–Kier alpha value is -2.24. The molecule has 0 heterocycles. The van der Waals surface area contributed by atoms with Crippen molar-refractivity contribution in [1.29, 1.82) is 0 Å². The monoisotopic (exact) mass is 293 g/mol. The third kappa shape index (κ3) is 3.87. The Labute approximate surface area is 125 Å². The fourth-order valence-electron chi connectivity index (χ4n) is 2.12. The molecular formula is C15H23N3O3. The van der Waals surface area contributed by atoms with Crippen LogP contribution in [0.2, 0.25) is 0 Å². The number of ether oxygens (including phenoxy) is 1. The molecule has 21 heavy (non-hydrogen) atoms. The molecule has 0 aliphatic rings. The smallest absolute Gasteiger partial charge is 0.340 e. The number of nitrogens with zero attached hydrogens (tertiary/aromatic N) is 1. The second-order valence-electron chi connectivity index (χ2n) is 5.11. The first-order chi connectivity index (χ1) is 9.81. The predicted molar refractivity (Wildman–Crippen MR) is 83.4 cm³/mol. The van der Waals surface area contributed by atoms with Gasteiger partial charge in [-0.2, -0.15) is 0 Å². The van der Waals surface area contributed by atoms with E-state index in [1.807, 2.05) is 31.9 Å². The third-order valence-electron chi connectivity index (χ3n) is 3.46. The number of nitrogen functional groups attached to an aromatic ring is 1. The van der Waals surface area contributed by atoms with Crippen LogP contribution in [0.3, 0.4) is 0 Å². The minimum absolute atomic E-state index is 0.0257. The first-order valence-corrected chi connectivity index (χ1v) is 6.73. The van der Waals surface area contributed by atoms with Crippen LogP contribution in [0.5, 0.6) is 0 Å². The van der Waals surface area contributed by atoms with Gasteiger partial charge < -0.3 is 20.7 Å². The number of hydrogen-bond donors (Lipinski definition) is 2. The molecule has 1 aromatic rings. The van der Waals surface area contributed by atoms with Gasteiger partial charge in [-0.15, -0.1) is 0 Å². The van der Waals surface area contributed by atoms with E-state index in [9.17, 15) is 9.59 Å². The summed E-state index contributed by atoms with van der Waals surface area (Å²) in [5, 5.41) is 2.62. The molecule has 1 rings (SSSR count). The quantitative estimate of drug-likeness (QED) is 0.629. The maximum Gasteiger partial charge on any atom is 0.340 e. The number of benzene rings is 1. The lowest BCUT2D eigenvalue weighted by Gasteiger charge is -2.24. The lowest BCUT2D eigenvalue weighted by Crippen LogP contribution is -2.34. The van der Waals surface area contributed by atoms with E-state index in [0.29, 0.717) is 17.8 Å². The van der Waals surface area contributed by atoms with Crippen LogP contribution in [-0.4, -0.2) is 39.6 Å². The number of carbonyl (C=O) groups excluding carboxylic acids is 2. The first-order valence-electron chi connectivity index (χ1n) is 6.73. The van der Waals surface area contributed by atoms with Crippen molar-refractivity contribution in [2.45, 2.75) is 13.8 Å². The van der Waals surface area contributed by atoms with Gasteiger partial charge in [-0.1, -0.05) is 6.92 Å². The molecule has 0 spiro atoms. The Morgan fingerprint density at radius 3 is 2.57 bits per heavy atom. The van der Waals surface area contributed by atoms with E-state index in [1.54, 1.807) is 13.1 Å².